The van der Waals surface area contributed by atoms with Gasteiger partial charge in [0.15, 0.2) is 8.32 Å². The molecule has 3 rings (SSSR count). The SMILES string of the molecule is CC(C)(C)[Si](C)(C)OC1CN(c2ccc(N3C[C@H](COS(C)(=O)=O)OC3=O)cc2F)C1. The molecule has 2 fully saturated rings. The van der Waals surface area contributed by atoms with Gasteiger partial charge in [-0.3, -0.25) is 9.08 Å². The summed E-state index contributed by atoms with van der Waals surface area (Å²) in [5.41, 5.74) is 0.811. The molecule has 0 saturated carbocycles. The summed E-state index contributed by atoms with van der Waals surface area (Å²) >= 11 is 0. The van der Waals surface area contributed by atoms with Gasteiger partial charge in [-0.2, -0.15) is 8.42 Å². The van der Waals surface area contributed by atoms with Crippen molar-refractivity contribution in [1.82, 2.24) is 0 Å². The van der Waals surface area contributed by atoms with Gasteiger partial charge in [0, 0.05) is 13.1 Å². The van der Waals surface area contributed by atoms with Crippen molar-refractivity contribution in [2.45, 2.75) is 51.1 Å². The minimum atomic E-state index is -3.64. The molecule has 11 heteroatoms. The Bertz CT molecular complexity index is 943. The van der Waals surface area contributed by atoms with Crippen molar-refractivity contribution in [3.05, 3.63) is 24.0 Å². The molecule has 0 radical (unpaired) electrons. The summed E-state index contributed by atoms with van der Waals surface area (Å²) in [4.78, 5) is 15.3. The van der Waals surface area contributed by atoms with Crippen molar-refractivity contribution in [1.29, 1.82) is 0 Å². The van der Waals surface area contributed by atoms with Crippen LogP contribution in [0.3, 0.4) is 0 Å². The van der Waals surface area contributed by atoms with Crippen LogP contribution < -0.4 is 9.80 Å². The molecule has 1 atom stereocenters. The summed E-state index contributed by atoms with van der Waals surface area (Å²) in [6, 6.07) is 4.58. The number of nitrogens with zero attached hydrogens (tertiary/aromatic N) is 2. The van der Waals surface area contributed by atoms with Crippen molar-refractivity contribution in [3.8, 4) is 0 Å². The maximum atomic E-state index is 14.8. The van der Waals surface area contributed by atoms with Crippen LogP contribution in [0.2, 0.25) is 18.1 Å². The lowest BCUT2D eigenvalue weighted by Crippen LogP contribution is -2.58. The molecule has 1 aromatic carbocycles. The van der Waals surface area contributed by atoms with E-state index in [-0.39, 0.29) is 24.3 Å². The average molecular weight is 475 g/mol. The minimum Gasteiger partial charge on any atom is -0.441 e. The Morgan fingerprint density at radius 3 is 2.42 bits per heavy atom. The second kappa shape index (κ2) is 8.34. The molecule has 0 aliphatic carbocycles. The third kappa shape index (κ3) is 5.57. The molecule has 31 heavy (non-hydrogen) atoms. The number of rotatable bonds is 7. The molecule has 0 N–H and O–H groups in total. The number of carbonyl (C=O) groups excluding carboxylic acids is 1. The van der Waals surface area contributed by atoms with Crippen LogP contribution in [0.5, 0.6) is 0 Å². The largest absolute Gasteiger partial charge is 0.441 e. The summed E-state index contributed by atoms with van der Waals surface area (Å²) in [7, 11) is -5.51. The molecule has 2 heterocycles. The van der Waals surface area contributed by atoms with E-state index in [1.807, 2.05) is 4.90 Å². The summed E-state index contributed by atoms with van der Waals surface area (Å²) in [6.07, 6.45) is -0.397. The molecule has 8 nitrogen and oxygen atoms in total. The first-order chi connectivity index (χ1) is 14.2. The Labute approximate surface area is 184 Å². The van der Waals surface area contributed by atoms with E-state index < -0.39 is 36.4 Å². The van der Waals surface area contributed by atoms with E-state index in [4.69, 9.17) is 9.16 Å². The molecule has 2 aliphatic rings. The first-order valence-corrected chi connectivity index (χ1v) is 14.9. The highest BCUT2D eigenvalue weighted by molar-refractivity contribution is 7.85. The zero-order valence-electron chi connectivity index (χ0n) is 18.8. The fraction of sp³-hybridized carbons (Fsp3) is 0.650. The maximum absolute atomic E-state index is 14.8. The van der Waals surface area contributed by atoms with Crippen LogP contribution >= 0.6 is 0 Å². The molecular weight excluding hydrogens is 443 g/mol. The first kappa shape index (κ1) is 24.0. The Hall–Kier alpha value is -1.69. The number of hydrogen-bond acceptors (Lipinski definition) is 7. The number of anilines is 2. The summed E-state index contributed by atoms with van der Waals surface area (Å²) < 4.78 is 53.2. The first-order valence-electron chi connectivity index (χ1n) is 10.2. The molecule has 1 aromatic rings. The maximum Gasteiger partial charge on any atom is 0.414 e. The highest BCUT2D eigenvalue weighted by Crippen LogP contribution is 2.39. The second-order valence-electron chi connectivity index (χ2n) is 9.65. The lowest BCUT2D eigenvalue weighted by atomic mass is 10.1. The number of ether oxygens (including phenoxy) is 1. The second-order valence-corrected chi connectivity index (χ2v) is 16.0. The van der Waals surface area contributed by atoms with Gasteiger partial charge in [-0.25, -0.2) is 9.18 Å². The molecule has 0 unspecified atom stereocenters. The van der Waals surface area contributed by atoms with Crippen molar-refractivity contribution >= 4 is 35.9 Å². The van der Waals surface area contributed by atoms with E-state index in [2.05, 4.69) is 38.0 Å². The van der Waals surface area contributed by atoms with E-state index in [1.54, 1.807) is 12.1 Å². The molecule has 0 aromatic heterocycles. The summed E-state index contributed by atoms with van der Waals surface area (Å²) in [5.74, 6) is -0.438. The van der Waals surface area contributed by atoms with Crippen molar-refractivity contribution in [2.75, 3.05) is 42.3 Å². The molecule has 0 spiro atoms. The Morgan fingerprint density at radius 1 is 1.23 bits per heavy atom. The minimum absolute atomic E-state index is 0.0826. The molecule has 2 saturated heterocycles. The van der Waals surface area contributed by atoms with Gasteiger partial charge in [-0.05, 0) is 36.3 Å². The molecule has 2 aliphatic heterocycles. The standard InChI is InChI=1S/C20H31FN2O6SSi/c1-20(2,3)31(5,6)29-15-10-22(11-15)18-8-7-14(9-17(18)21)23-12-16(28-19(23)24)13-27-30(4,25)26/h7-9,15-16H,10-13H2,1-6H3/t16-/m1/s1. The van der Waals surface area contributed by atoms with Gasteiger partial charge in [-0.1, -0.05) is 20.8 Å². The van der Waals surface area contributed by atoms with Gasteiger partial charge < -0.3 is 14.1 Å². The molecule has 174 valence electrons. The van der Waals surface area contributed by atoms with E-state index in [0.717, 1.165) is 6.26 Å². The van der Waals surface area contributed by atoms with Crippen molar-refractivity contribution in [2.24, 2.45) is 0 Å². The van der Waals surface area contributed by atoms with E-state index >= 15 is 0 Å². The number of benzene rings is 1. The van der Waals surface area contributed by atoms with Gasteiger partial charge >= 0.3 is 6.09 Å². The van der Waals surface area contributed by atoms with E-state index in [9.17, 15) is 17.6 Å². The topological polar surface area (TPSA) is 85.4 Å². The molecular formula is C20H31FN2O6SSi. The number of hydrogen-bond donors (Lipinski definition) is 0. The monoisotopic (exact) mass is 474 g/mol. The van der Waals surface area contributed by atoms with Crippen LogP contribution in [0.1, 0.15) is 20.8 Å². The van der Waals surface area contributed by atoms with Gasteiger partial charge in [0.05, 0.1) is 30.3 Å². The lowest BCUT2D eigenvalue weighted by Gasteiger charge is -2.47. The predicted molar refractivity (Wildman–Crippen MR) is 119 cm³/mol. The van der Waals surface area contributed by atoms with Gasteiger partial charge in [0.25, 0.3) is 10.1 Å². The zero-order valence-corrected chi connectivity index (χ0v) is 20.7. The van der Waals surface area contributed by atoms with Crippen LogP contribution in [0, 0.1) is 5.82 Å². The zero-order chi connectivity index (χ0) is 23.2. The van der Waals surface area contributed by atoms with Crippen LogP contribution in [0.25, 0.3) is 0 Å². The fourth-order valence-corrected chi connectivity index (χ4v) is 4.98. The highest BCUT2D eigenvalue weighted by Gasteiger charge is 2.42. The third-order valence-electron chi connectivity index (χ3n) is 6.04. The quantitative estimate of drug-likeness (QED) is 0.443. The number of cyclic esters (lactones) is 1. The summed E-state index contributed by atoms with van der Waals surface area (Å²) in [6.45, 7) is 12.0. The number of halogens is 1. The molecule has 1 amide bonds. The Balaban J connectivity index is 1.60. The van der Waals surface area contributed by atoms with E-state index in [1.165, 1.54) is 11.0 Å². The van der Waals surface area contributed by atoms with E-state index in [0.29, 0.717) is 24.5 Å². The van der Waals surface area contributed by atoms with Crippen molar-refractivity contribution in [3.63, 3.8) is 0 Å². The fourth-order valence-electron chi connectivity index (χ4n) is 3.24. The normalized spacial score (nSPS) is 20.7. The number of amides is 1. The highest BCUT2D eigenvalue weighted by atomic mass is 32.2. The van der Waals surface area contributed by atoms with Crippen LogP contribution in [-0.4, -0.2) is 67.5 Å². The third-order valence-corrected chi connectivity index (χ3v) is 11.1. The Kier molecular flexibility index (Phi) is 6.45. The van der Waals surface area contributed by atoms with Gasteiger partial charge in [-0.15, -0.1) is 0 Å². The molecule has 0 bridgehead atoms. The predicted octanol–water partition coefficient (Wildman–Crippen LogP) is 3.34. The van der Waals surface area contributed by atoms with Gasteiger partial charge in [0.1, 0.15) is 18.5 Å². The number of carbonyl (C=O) groups is 1. The van der Waals surface area contributed by atoms with Crippen LogP contribution in [0.15, 0.2) is 18.2 Å². The van der Waals surface area contributed by atoms with Crippen molar-refractivity contribution < 1.29 is 30.9 Å². The Morgan fingerprint density at radius 2 is 1.87 bits per heavy atom. The summed E-state index contributed by atoms with van der Waals surface area (Å²) in [5, 5.41) is 0.120. The smallest absolute Gasteiger partial charge is 0.414 e. The van der Waals surface area contributed by atoms with Crippen LogP contribution in [0.4, 0.5) is 20.6 Å². The van der Waals surface area contributed by atoms with Crippen LogP contribution in [-0.2, 0) is 23.5 Å². The lowest BCUT2D eigenvalue weighted by molar-refractivity contribution is 0.107. The average Bonchev–Trinajstić information content (AvgIpc) is 2.96. The van der Waals surface area contributed by atoms with Gasteiger partial charge in [0.2, 0.25) is 0 Å².